The lowest BCUT2D eigenvalue weighted by Gasteiger charge is -2.70. The second kappa shape index (κ2) is 5.03. The van der Waals surface area contributed by atoms with Crippen LogP contribution in [0, 0.1) is 0 Å². The van der Waals surface area contributed by atoms with Crippen LogP contribution in [0.1, 0.15) is 0 Å². The minimum absolute atomic E-state index is 0.672. The van der Waals surface area contributed by atoms with Gasteiger partial charge in [-0.05, 0) is 18.3 Å². The third kappa shape index (κ3) is 2.69. The maximum atomic E-state index is 3.04. The van der Waals surface area contributed by atoms with E-state index in [2.05, 4.69) is 90.5 Å². The van der Waals surface area contributed by atoms with Crippen LogP contribution in [-0.2, 0) is 0 Å². The van der Waals surface area contributed by atoms with Crippen molar-refractivity contribution in [3.8, 4) is 0 Å². The van der Waals surface area contributed by atoms with Crippen LogP contribution < -0.4 is 5.19 Å². The first kappa shape index (κ1) is 16.4. The summed E-state index contributed by atoms with van der Waals surface area (Å²) in [5, 5.41) is 1.59. The van der Waals surface area contributed by atoms with Gasteiger partial charge >= 0.3 is 0 Å². The quantitative estimate of drug-likeness (QED) is 0.780. The van der Waals surface area contributed by atoms with Gasteiger partial charge in [0.15, 0.2) is 8.40 Å². The number of hydrogen-bond donors (Lipinski definition) is 0. The van der Waals surface area contributed by atoms with Gasteiger partial charge in [0.05, 0.1) is 0 Å². The normalized spacial score (nSPS) is 21.8. The molecule has 0 aromatic heterocycles. The van der Waals surface area contributed by atoms with Crippen LogP contribution in [-0.4, -0.2) is 41.8 Å². The van der Waals surface area contributed by atoms with Crippen LogP contribution in [0.2, 0.25) is 52.4 Å². The van der Waals surface area contributed by atoms with E-state index in [9.17, 15) is 0 Å². The fourth-order valence-electron chi connectivity index (χ4n) is 3.80. The zero-order valence-electron chi connectivity index (χ0n) is 14.3. The van der Waals surface area contributed by atoms with Crippen molar-refractivity contribution in [2.75, 3.05) is 0 Å². The van der Waals surface area contributed by atoms with Crippen molar-refractivity contribution < 1.29 is 0 Å². The molecule has 1 aliphatic heterocycles. The molecule has 0 unspecified atom stereocenters. The zero-order chi connectivity index (χ0) is 15.3. The van der Waals surface area contributed by atoms with E-state index in [-0.39, 0.29) is 0 Å². The van der Waals surface area contributed by atoms with Crippen molar-refractivity contribution in [1.82, 2.24) is 7.79 Å². The van der Waals surface area contributed by atoms with Gasteiger partial charge in [-0.15, -0.1) is 0 Å². The van der Waals surface area contributed by atoms with E-state index in [0.29, 0.717) is 0 Å². The second-order valence-electron chi connectivity index (χ2n) is 8.20. The van der Waals surface area contributed by atoms with E-state index in [0.717, 1.165) is 0 Å². The molecule has 0 bridgehead atoms. The second-order valence-corrected chi connectivity index (χ2v) is 26.5. The smallest absolute Gasteiger partial charge is 0.240 e. The molecule has 1 heterocycles. The first-order chi connectivity index (χ1) is 8.97. The van der Waals surface area contributed by atoms with Gasteiger partial charge in [-0.1, -0.05) is 69.6 Å². The predicted octanol–water partition coefficient (Wildman–Crippen LogP) is 3.37. The summed E-state index contributed by atoms with van der Waals surface area (Å²) in [6.45, 7) is 20.3. The highest BCUT2D eigenvalue weighted by Crippen LogP contribution is 2.39. The molecule has 111 valence electrons. The van der Waals surface area contributed by atoms with Crippen molar-refractivity contribution in [2.24, 2.45) is 0 Å². The Morgan fingerprint density at radius 1 is 0.800 bits per heavy atom. The highest BCUT2D eigenvalue weighted by molar-refractivity contribution is 7.17. The van der Waals surface area contributed by atoms with Crippen molar-refractivity contribution in [2.45, 2.75) is 52.4 Å². The van der Waals surface area contributed by atoms with Gasteiger partial charge in [0.2, 0.25) is 9.12 Å². The molecule has 20 heavy (non-hydrogen) atoms. The summed E-state index contributed by atoms with van der Waals surface area (Å²) < 4.78 is 6.08. The maximum absolute atomic E-state index is 3.04. The van der Waals surface area contributed by atoms with Crippen LogP contribution in [0.3, 0.4) is 0 Å². The van der Waals surface area contributed by atoms with Gasteiger partial charge in [0.25, 0.3) is 0 Å². The Hall–Kier alpha value is 0.00753. The van der Waals surface area contributed by atoms with E-state index in [1.54, 1.807) is 5.19 Å². The molecule has 0 amide bonds. The van der Waals surface area contributed by atoms with E-state index in [1.165, 1.54) is 0 Å². The maximum Gasteiger partial charge on any atom is 0.240 e. The Kier molecular flexibility index (Phi) is 4.12. The lowest BCUT2D eigenvalue weighted by molar-refractivity contribution is 0.658. The van der Waals surface area contributed by atoms with Gasteiger partial charge in [0, 0.05) is 0 Å². The SMILES string of the molecule is C[Si](C)(C)N1[Si](c2ccccc2)N([Si](C)(C)C)[Si]1(C)C. The molecule has 1 radical (unpaired) electrons. The van der Waals surface area contributed by atoms with E-state index >= 15 is 0 Å². The Morgan fingerprint density at radius 3 is 1.55 bits per heavy atom. The lowest BCUT2D eigenvalue weighted by atomic mass is 10.4. The molecule has 0 saturated carbocycles. The number of benzene rings is 1. The minimum Gasteiger partial charge on any atom is -0.342 e. The summed E-state index contributed by atoms with van der Waals surface area (Å²) >= 11 is 0. The van der Waals surface area contributed by atoms with Crippen LogP contribution in [0.15, 0.2) is 30.3 Å². The highest BCUT2D eigenvalue weighted by atomic mass is 28.5. The average molecular weight is 338 g/mol. The highest BCUT2D eigenvalue weighted by Gasteiger charge is 2.63. The van der Waals surface area contributed by atoms with Crippen LogP contribution in [0.4, 0.5) is 0 Å². The first-order valence-electron chi connectivity index (χ1n) is 7.50. The molecular weight excluding hydrogens is 309 g/mol. The Morgan fingerprint density at radius 2 is 1.20 bits per heavy atom. The number of nitrogens with zero attached hydrogens (tertiary/aromatic N) is 2. The van der Waals surface area contributed by atoms with Crippen molar-refractivity contribution in [1.29, 1.82) is 0 Å². The Labute approximate surface area is 129 Å². The fraction of sp³-hybridized carbons (Fsp3) is 0.571. The fourth-order valence-corrected chi connectivity index (χ4v) is 32.7. The van der Waals surface area contributed by atoms with Gasteiger partial charge in [0.1, 0.15) is 16.5 Å². The first-order valence-corrected chi connectivity index (χ1v) is 18.7. The minimum atomic E-state index is -1.39. The lowest BCUT2D eigenvalue weighted by Crippen LogP contribution is -2.95. The molecular formula is C14H29N2Si4. The topological polar surface area (TPSA) is 6.48 Å². The molecule has 0 N–H and O–H groups in total. The molecule has 0 spiro atoms. The number of rotatable bonds is 3. The summed E-state index contributed by atoms with van der Waals surface area (Å²) in [7, 11) is -4.57. The third-order valence-corrected chi connectivity index (χ3v) is 27.6. The Bertz CT molecular complexity index is 452. The van der Waals surface area contributed by atoms with E-state index in [4.69, 9.17) is 0 Å². The van der Waals surface area contributed by atoms with Gasteiger partial charge in [-0.3, -0.25) is 0 Å². The third-order valence-electron chi connectivity index (χ3n) is 3.89. The Balaban J connectivity index is 2.48. The molecule has 6 heteroatoms. The van der Waals surface area contributed by atoms with Crippen LogP contribution >= 0.6 is 0 Å². The monoisotopic (exact) mass is 337 g/mol. The van der Waals surface area contributed by atoms with Gasteiger partial charge in [-0.25, -0.2) is 0 Å². The summed E-state index contributed by atoms with van der Waals surface area (Å²) in [5.74, 6) is 0. The van der Waals surface area contributed by atoms with Gasteiger partial charge < -0.3 is 7.79 Å². The molecule has 1 fully saturated rings. The predicted molar refractivity (Wildman–Crippen MR) is 99.7 cm³/mol. The number of hydrogen-bond acceptors (Lipinski definition) is 2. The largest absolute Gasteiger partial charge is 0.342 e. The molecule has 1 aliphatic rings. The molecule has 1 saturated heterocycles. The average Bonchev–Trinajstić information content (AvgIpc) is 2.23. The zero-order valence-corrected chi connectivity index (χ0v) is 18.3. The van der Waals surface area contributed by atoms with Crippen LogP contribution in [0.25, 0.3) is 0 Å². The summed E-state index contributed by atoms with van der Waals surface area (Å²) in [6.07, 6.45) is 0. The van der Waals surface area contributed by atoms with Crippen molar-refractivity contribution >= 4 is 39.2 Å². The molecule has 2 nitrogen and oxygen atoms in total. The standard InChI is InChI=1S/C14H29N2Si4/c1-18(2,3)15-17(14-12-10-9-11-13-14)16(19(4,5)6)20(15,7)8/h9-13H,1-8H3. The van der Waals surface area contributed by atoms with E-state index < -0.39 is 34.0 Å². The summed E-state index contributed by atoms with van der Waals surface area (Å²) in [4.78, 5) is 0. The molecule has 1 aromatic carbocycles. The summed E-state index contributed by atoms with van der Waals surface area (Å²) in [5.41, 5.74) is 0. The van der Waals surface area contributed by atoms with Crippen molar-refractivity contribution in [3.05, 3.63) is 30.3 Å². The van der Waals surface area contributed by atoms with Crippen LogP contribution in [0.5, 0.6) is 0 Å². The summed E-state index contributed by atoms with van der Waals surface area (Å²) in [6, 6.07) is 11.3. The molecule has 0 atom stereocenters. The van der Waals surface area contributed by atoms with E-state index in [1.807, 2.05) is 0 Å². The molecule has 0 aliphatic carbocycles. The van der Waals surface area contributed by atoms with Gasteiger partial charge in [-0.2, -0.15) is 0 Å². The molecule has 1 aromatic rings. The molecule has 2 rings (SSSR count). The van der Waals surface area contributed by atoms with Crippen molar-refractivity contribution in [3.63, 3.8) is 0 Å².